The number of carbonyl (C=O) groups is 1. The molecule has 1 nitrogen and oxygen atoms in total. The van der Waals surface area contributed by atoms with Crippen LogP contribution in [0.25, 0.3) is 0 Å². The van der Waals surface area contributed by atoms with Gasteiger partial charge in [0, 0.05) is 15.3 Å². The van der Waals surface area contributed by atoms with Crippen LogP contribution in [0.15, 0.2) is 27.6 Å². The lowest BCUT2D eigenvalue weighted by molar-refractivity contribution is -0.108. The highest BCUT2D eigenvalue weighted by molar-refractivity contribution is 9.10. The lowest BCUT2D eigenvalue weighted by atomic mass is 10.0. The monoisotopic (exact) mass is 244 g/mol. The predicted octanol–water partition coefficient (Wildman–Crippen LogP) is 3.04. The van der Waals surface area contributed by atoms with Crippen LogP contribution in [-0.2, 0) is 4.79 Å². The number of aldehydes is 1. The number of thiol groups is 1. The summed E-state index contributed by atoms with van der Waals surface area (Å²) in [5, 5.41) is 0. The van der Waals surface area contributed by atoms with E-state index < -0.39 is 0 Å². The molecule has 0 amide bonds. The Morgan fingerprint density at radius 3 is 2.83 bits per heavy atom. The van der Waals surface area contributed by atoms with Crippen LogP contribution in [0.2, 0.25) is 0 Å². The summed E-state index contributed by atoms with van der Waals surface area (Å²) >= 11 is 7.65. The molecular formula is C9H9BrOS. The maximum absolute atomic E-state index is 10.5. The van der Waals surface area contributed by atoms with Crippen molar-refractivity contribution in [2.45, 2.75) is 17.7 Å². The zero-order chi connectivity index (χ0) is 9.14. The van der Waals surface area contributed by atoms with Crippen LogP contribution >= 0.6 is 28.6 Å². The van der Waals surface area contributed by atoms with Gasteiger partial charge in [0.05, 0.1) is 0 Å². The number of hydrogen-bond acceptors (Lipinski definition) is 2. The quantitative estimate of drug-likeness (QED) is 0.626. The van der Waals surface area contributed by atoms with Crippen LogP contribution in [-0.4, -0.2) is 6.29 Å². The first-order chi connectivity index (χ1) is 5.66. The van der Waals surface area contributed by atoms with E-state index in [0.717, 1.165) is 21.2 Å². The molecule has 0 aliphatic rings. The molecule has 0 radical (unpaired) electrons. The zero-order valence-electron chi connectivity index (χ0n) is 6.62. The van der Waals surface area contributed by atoms with Gasteiger partial charge < -0.3 is 4.79 Å². The SMILES string of the molecule is CC(C=O)c1cccc(Br)c1S. The molecule has 1 rings (SSSR count). The Balaban J connectivity index is 3.15. The van der Waals surface area contributed by atoms with Gasteiger partial charge in [0.15, 0.2) is 0 Å². The second-order valence-electron chi connectivity index (χ2n) is 2.60. The summed E-state index contributed by atoms with van der Waals surface area (Å²) in [4.78, 5) is 11.4. The third-order valence-electron chi connectivity index (χ3n) is 1.71. The largest absolute Gasteiger partial charge is 0.303 e. The van der Waals surface area contributed by atoms with Crippen molar-refractivity contribution in [3.63, 3.8) is 0 Å². The first-order valence-corrected chi connectivity index (χ1v) is 4.83. The summed E-state index contributed by atoms with van der Waals surface area (Å²) in [5.74, 6) is -0.0880. The lowest BCUT2D eigenvalue weighted by Crippen LogP contribution is -1.95. The van der Waals surface area contributed by atoms with E-state index >= 15 is 0 Å². The average molecular weight is 245 g/mol. The smallest absolute Gasteiger partial charge is 0.127 e. The number of halogens is 1. The molecule has 0 saturated carbocycles. The van der Waals surface area contributed by atoms with Crippen molar-refractivity contribution in [1.82, 2.24) is 0 Å². The molecule has 0 bridgehead atoms. The molecule has 0 aromatic heterocycles. The summed E-state index contributed by atoms with van der Waals surface area (Å²) in [5.41, 5.74) is 0.961. The summed E-state index contributed by atoms with van der Waals surface area (Å²) in [6.45, 7) is 1.86. The van der Waals surface area contributed by atoms with Crippen molar-refractivity contribution in [3.05, 3.63) is 28.2 Å². The van der Waals surface area contributed by atoms with Crippen molar-refractivity contribution in [1.29, 1.82) is 0 Å². The van der Waals surface area contributed by atoms with Gasteiger partial charge in [0.25, 0.3) is 0 Å². The van der Waals surface area contributed by atoms with Gasteiger partial charge in [-0.05, 0) is 27.6 Å². The number of rotatable bonds is 2. The molecule has 0 heterocycles. The minimum Gasteiger partial charge on any atom is -0.303 e. The van der Waals surface area contributed by atoms with Gasteiger partial charge in [-0.25, -0.2) is 0 Å². The molecule has 1 atom stereocenters. The molecule has 0 fully saturated rings. The Labute approximate surface area is 85.7 Å². The van der Waals surface area contributed by atoms with Gasteiger partial charge >= 0.3 is 0 Å². The van der Waals surface area contributed by atoms with Crippen LogP contribution in [0.3, 0.4) is 0 Å². The standard InChI is InChI=1S/C9H9BrOS/c1-6(5-11)7-3-2-4-8(10)9(7)12/h2-6,12H,1H3. The van der Waals surface area contributed by atoms with Crippen molar-refractivity contribution in [2.75, 3.05) is 0 Å². The maximum atomic E-state index is 10.5. The molecule has 0 saturated heterocycles. The van der Waals surface area contributed by atoms with Gasteiger partial charge in [-0.15, -0.1) is 12.6 Å². The predicted molar refractivity (Wildman–Crippen MR) is 55.9 cm³/mol. The highest BCUT2D eigenvalue weighted by atomic mass is 79.9. The molecule has 1 aromatic carbocycles. The van der Waals surface area contributed by atoms with E-state index in [1.54, 1.807) is 0 Å². The first kappa shape index (κ1) is 9.81. The molecule has 12 heavy (non-hydrogen) atoms. The van der Waals surface area contributed by atoms with Gasteiger partial charge in [-0.1, -0.05) is 19.1 Å². The molecule has 1 unspecified atom stereocenters. The normalized spacial score (nSPS) is 12.6. The van der Waals surface area contributed by atoms with Crippen LogP contribution < -0.4 is 0 Å². The minimum absolute atomic E-state index is 0.0880. The second-order valence-corrected chi connectivity index (χ2v) is 3.90. The summed E-state index contributed by atoms with van der Waals surface area (Å²) in [7, 11) is 0. The van der Waals surface area contributed by atoms with E-state index in [1.807, 2.05) is 25.1 Å². The fourth-order valence-electron chi connectivity index (χ4n) is 0.973. The zero-order valence-corrected chi connectivity index (χ0v) is 9.10. The van der Waals surface area contributed by atoms with E-state index in [9.17, 15) is 4.79 Å². The molecular weight excluding hydrogens is 236 g/mol. The Hall–Kier alpha value is -0.280. The van der Waals surface area contributed by atoms with E-state index in [2.05, 4.69) is 28.6 Å². The fraction of sp³-hybridized carbons (Fsp3) is 0.222. The van der Waals surface area contributed by atoms with Gasteiger partial charge in [-0.3, -0.25) is 0 Å². The summed E-state index contributed by atoms with van der Waals surface area (Å²) < 4.78 is 0.928. The summed E-state index contributed by atoms with van der Waals surface area (Å²) in [6, 6.07) is 5.72. The summed E-state index contributed by atoms with van der Waals surface area (Å²) in [6.07, 6.45) is 0.918. The third kappa shape index (κ3) is 1.90. The van der Waals surface area contributed by atoms with Crippen molar-refractivity contribution in [2.24, 2.45) is 0 Å². The number of carbonyl (C=O) groups excluding carboxylic acids is 1. The Morgan fingerprint density at radius 1 is 1.58 bits per heavy atom. The Kier molecular flexibility index (Phi) is 3.35. The van der Waals surface area contributed by atoms with Crippen molar-refractivity contribution in [3.8, 4) is 0 Å². The third-order valence-corrected chi connectivity index (χ3v) is 3.18. The Morgan fingerprint density at radius 2 is 2.25 bits per heavy atom. The van der Waals surface area contributed by atoms with Crippen molar-refractivity contribution >= 4 is 34.8 Å². The van der Waals surface area contributed by atoms with E-state index in [0.29, 0.717) is 0 Å². The maximum Gasteiger partial charge on any atom is 0.127 e. The van der Waals surface area contributed by atoms with Gasteiger partial charge in [-0.2, -0.15) is 0 Å². The van der Waals surface area contributed by atoms with E-state index in [4.69, 9.17) is 0 Å². The molecule has 0 aliphatic heterocycles. The lowest BCUT2D eigenvalue weighted by Gasteiger charge is -2.08. The number of benzene rings is 1. The highest BCUT2D eigenvalue weighted by Crippen LogP contribution is 2.28. The number of hydrogen-bond donors (Lipinski definition) is 1. The Bertz CT molecular complexity index is 299. The molecule has 0 N–H and O–H groups in total. The topological polar surface area (TPSA) is 17.1 Å². The highest BCUT2D eigenvalue weighted by Gasteiger charge is 2.08. The van der Waals surface area contributed by atoms with Crippen LogP contribution in [0, 0.1) is 0 Å². The first-order valence-electron chi connectivity index (χ1n) is 3.59. The molecule has 64 valence electrons. The van der Waals surface area contributed by atoms with Crippen LogP contribution in [0.4, 0.5) is 0 Å². The van der Waals surface area contributed by atoms with Crippen LogP contribution in [0.5, 0.6) is 0 Å². The molecule has 1 aromatic rings. The van der Waals surface area contributed by atoms with Gasteiger partial charge in [0.2, 0.25) is 0 Å². The minimum atomic E-state index is -0.0880. The van der Waals surface area contributed by atoms with E-state index in [-0.39, 0.29) is 5.92 Å². The molecule has 3 heteroatoms. The van der Waals surface area contributed by atoms with Gasteiger partial charge in [0.1, 0.15) is 6.29 Å². The second kappa shape index (κ2) is 4.10. The molecule has 0 spiro atoms. The van der Waals surface area contributed by atoms with Crippen LogP contribution in [0.1, 0.15) is 18.4 Å². The fourth-order valence-corrected chi connectivity index (χ4v) is 1.71. The van der Waals surface area contributed by atoms with E-state index in [1.165, 1.54) is 0 Å². The molecule has 0 aliphatic carbocycles. The van der Waals surface area contributed by atoms with Crippen molar-refractivity contribution < 1.29 is 4.79 Å². The average Bonchev–Trinajstić information content (AvgIpc) is 2.08.